The van der Waals surface area contributed by atoms with Crippen LogP contribution in [0, 0.1) is 5.41 Å². The number of piperidine rings is 1. The van der Waals surface area contributed by atoms with Crippen molar-refractivity contribution in [2.75, 3.05) is 26.2 Å². The van der Waals surface area contributed by atoms with Crippen LogP contribution in [-0.4, -0.2) is 76.1 Å². The van der Waals surface area contributed by atoms with E-state index in [0.29, 0.717) is 12.8 Å². The number of hydrogen-bond donors (Lipinski definition) is 0. The summed E-state index contributed by atoms with van der Waals surface area (Å²) in [6, 6.07) is 9.26. The van der Waals surface area contributed by atoms with E-state index >= 15 is 0 Å². The number of rotatable bonds is 5. The van der Waals surface area contributed by atoms with E-state index < -0.39 is 34.8 Å². The Morgan fingerprint density at radius 3 is 2.03 bits per heavy atom. The quantitative estimate of drug-likeness (QED) is 0.414. The average Bonchev–Trinajstić information content (AvgIpc) is 2.82. The van der Waals surface area contributed by atoms with Crippen molar-refractivity contribution in [1.29, 1.82) is 0 Å². The molecule has 3 amide bonds. The number of carbonyl (C=O) groups is 4. The average molecular weight is 530 g/mol. The fourth-order valence-electron chi connectivity index (χ4n) is 4.18. The number of esters is 1. The molecule has 1 fully saturated rings. The molecule has 0 spiro atoms. The first-order valence-corrected chi connectivity index (χ1v) is 12.8. The highest BCUT2D eigenvalue weighted by atomic mass is 16.6. The Morgan fingerprint density at radius 2 is 1.47 bits per heavy atom. The van der Waals surface area contributed by atoms with Crippen molar-refractivity contribution in [3.05, 3.63) is 48.3 Å². The lowest BCUT2D eigenvalue weighted by Gasteiger charge is -2.43. The van der Waals surface area contributed by atoms with Gasteiger partial charge in [0.25, 0.3) is 0 Å². The van der Waals surface area contributed by atoms with Gasteiger partial charge in [-0.15, -0.1) is 0 Å². The summed E-state index contributed by atoms with van der Waals surface area (Å²) >= 11 is 0. The van der Waals surface area contributed by atoms with Crippen LogP contribution >= 0.6 is 0 Å². The minimum absolute atomic E-state index is 0.0757. The molecule has 2 heterocycles. The summed E-state index contributed by atoms with van der Waals surface area (Å²) in [6.07, 6.45) is 2.51. The third-order valence-electron chi connectivity index (χ3n) is 6.17. The van der Waals surface area contributed by atoms with E-state index in [-0.39, 0.29) is 38.7 Å². The fraction of sp³-hybridized carbons (Fsp3) is 0.571. The standard InChI is InChI=1S/C28H39N3O7/c1-26(2,3)37-23(33)28(12-14-29(15-13-28)25(35)38-27(4,5)6)20-31-17-16-30(18-22(31)32)24(34)36-19-21-10-8-7-9-11-21/h7-11,16-17H,12-15,18-20H2,1-6H3. The van der Waals surface area contributed by atoms with Crippen molar-refractivity contribution in [3.63, 3.8) is 0 Å². The van der Waals surface area contributed by atoms with Gasteiger partial charge in [-0.25, -0.2) is 9.59 Å². The van der Waals surface area contributed by atoms with Crippen LogP contribution < -0.4 is 0 Å². The summed E-state index contributed by atoms with van der Waals surface area (Å²) in [5, 5.41) is 0. The maximum absolute atomic E-state index is 13.4. The fourth-order valence-corrected chi connectivity index (χ4v) is 4.18. The number of hydrogen-bond acceptors (Lipinski definition) is 7. The van der Waals surface area contributed by atoms with Gasteiger partial charge in [0.15, 0.2) is 0 Å². The van der Waals surface area contributed by atoms with Gasteiger partial charge in [-0.1, -0.05) is 30.3 Å². The molecule has 0 N–H and O–H groups in total. The second-order valence-electron chi connectivity index (χ2n) is 11.7. The Kier molecular flexibility index (Phi) is 8.74. The molecule has 0 aromatic heterocycles. The van der Waals surface area contributed by atoms with Gasteiger partial charge in [0.2, 0.25) is 5.91 Å². The van der Waals surface area contributed by atoms with Crippen molar-refractivity contribution in [1.82, 2.24) is 14.7 Å². The second kappa shape index (κ2) is 11.4. The SMILES string of the molecule is CC(C)(C)OC(=O)N1CCC(CN2C=CN(C(=O)OCc3ccccc3)CC2=O)(C(=O)OC(C)(C)C)CC1. The van der Waals surface area contributed by atoms with Gasteiger partial charge in [-0.2, -0.15) is 0 Å². The highest BCUT2D eigenvalue weighted by Gasteiger charge is 2.47. The Balaban J connectivity index is 1.68. The van der Waals surface area contributed by atoms with E-state index in [0.717, 1.165) is 5.56 Å². The Morgan fingerprint density at radius 1 is 0.868 bits per heavy atom. The highest BCUT2D eigenvalue weighted by Crippen LogP contribution is 2.36. The molecule has 1 aromatic carbocycles. The number of benzene rings is 1. The van der Waals surface area contributed by atoms with E-state index in [9.17, 15) is 19.2 Å². The monoisotopic (exact) mass is 529 g/mol. The lowest BCUT2D eigenvalue weighted by atomic mass is 9.77. The van der Waals surface area contributed by atoms with Crippen LogP contribution in [0.3, 0.4) is 0 Å². The number of nitrogens with zero attached hydrogens (tertiary/aromatic N) is 3. The van der Waals surface area contributed by atoms with Gasteiger partial charge in [0.1, 0.15) is 24.4 Å². The van der Waals surface area contributed by atoms with Crippen molar-refractivity contribution in [3.8, 4) is 0 Å². The number of ether oxygens (including phenoxy) is 3. The Hall–Kier alpha value is -3.56. The summed E-state index contributed by atoms with van der Waals surface area (Å²) in [7, 11) is 0. The van der Waals surface area contributed by atoms with Gasteiger partial charge in [-0.3, -0.25) is 14.5 Å². The molecule has 208 valence electrons. The van der Waals surface area contributed by atoms with Crippen LogP contribution in [0.2, 0.25) is 0 Å². The zero-order valence-electron chi connectivity index (χ0n) is 23.2. The minimum atomic E-state index is -1.01. The summed E-state index contributed by atoms with van der Waals surface area (Å²) in [5.74, 6) is -0.763. The van der Waals surface area contributed by atoms with Gasteiger partial charge in [0.05, 0.1) is 5.41 Å². The molecule has 2 aliphatic rings. The van der Waals surface area contributed by atoms with Gasteiger partial charge >= 0.3 is 18.2 Å². The first kappa shape index (κ1) is 29.0. The minimum Gasteiger partial charge on any atom is -0.459 e. The van der Waals surface area contributed by atoms with Crippen LogP contribution in [0.1, 0.15) is 59.9 Å². The normalized spacial score (nSPS) is 17.7. The topological polar surface area (TPSA) is 106 Å². The molecule has 1 saturated heterocycles. The Labute approximate surface area is 224 Å². The molecule has 3 rings (SSSR count). The third-order valence-corrected chi connectivity index (χ3v) is 6.17. The largest absolute Gasteiger partial charge is 0.459 e. The van der Waals surface area contributed by atoms with Crippen LogP contribution in [0.5, 0.6) is 0 Å². The van der Waals surface area contributed by atoms with Crippen molar-refractivity contribution in [2.45, 2.75) is 72.2 Å². The molecule has 2 aliphatic heterocycles. The Bertz CT molecular complexity index is 1050. The smallest absolute Gasteiger partial charge is 0.414 e. The van der Waals surface area contributed by atoms with Crippen LogP contribution in [-0.2, 0) is 30.4 Å². The number of likely N-dealkylation sites (tertiary alicyclic amines) is 1. The summed E-state index contributed by atoms with van der Waals surface area (Å²) in [6.45, 7) is 11.3. The first-order valence-electron chi connectivity index (χ1n) is 12.8. The molecular weight excluding hydrogens is 490 g/mol. The van der Waals surface area contributed by atoms with E-state index in [1.54, 1.807) is 46.4 Å². The van der Waals surface area contributed by atoms with Crippen LogP contribution in [0.4, 0.5) is 9.59 Å². The van der Waals surface area contributed by atoms with E-state index in [1.165, 1.54) is 22.2 Å². The zero-order chi connectivity index (χ0) is 28.1. The molecule has 0 bridgehead atoms. The highest BCUT2D eigenvalue weighted by molar-refractivity contribution is 5.86. The molecule has 0 atom stereocenters. The van der Waals surface area contributed by atoms with E-state index in [2.05, 4.69) is 0 Å². The summed E-state index contributed by atoms with van der Waals surface area (Å²) in [5.41, 5.74) is -1.52. The van der Waals surface area contributed by atoms with Gasteiger partial charge in [0, 0.05) is 32.0 Å². The molecular formula is C28H39N3O7. The van der Waals surface area contributed by atoms with Gasteiger partial charge in [-0.05, 0) is 59.9 Å². The van der Waals surface area contributed by atoms with Crippen LogP contribution in [0.15, 0.2) is 42.7 Å². The second-order valence-corrected chi connectivity index (χ2v) is 11.7. The molecule has 10 heteroatoms. The molecule has 1 aromatic rings. The maximum Gasteiger partial charge on any atom is 0.414 e. The predicted molar refractivity (Wildman–Crippen MR) is 140 cm³/mol. The van der Waals surface area contributed by atoms with Crippen molar-refractivity contribution >= 4 is 24.1 Å². The zero-order valence-corrected chi connectivity index (χ0v) is 23.2. The third kappa shape index (κ3) is 7.97. The lowest BCUT2D eigenvalue weighted by molar-refractivity contribution is -0.172. The molecule has 0 radical (unpaired) electrons. The molecule has 0 aliphatic carbocycles. The lowest BCUT2D eigenvalue weighted by Crippen LogP contribution is -2.55. The van der Waals surface area contributed by atoms with Crippen molar-refractivity contribution < 1.29 is 33.4 Å². The number of amides is 3. The maximum atomic E-state index is 13.4. The van der Waals surface area contributed by atoms with E-state index in [1.807, 2.05) is 30.3 Å². The first-order chi connectivity index (χ1) is 17.7. The predicted octanol–water partition coefficient (Wildman–Crippen LogP) is 4.30. The summed E-state index contributed by atoms with van der Waals surface area (Å²) in [4.78, 5) is 55.7. The summed E-state index contributed by atoms with van der Waals surface area (Å²) < 4.78 is 16.6. The molecule has 10 nitrogen and oxygen atoms in total. The molecule has 0 saturated carbocycles. The van der Waals surface area contributed by atoms with Crippen molar-refractivity contribution in [2.24, 2.45) is 5.41 Å². The van der Waals surface area contributed by atoms with E-state index in [4.69, 9.17) is 14.2 Å². The van der Waals surface area contributed by atoms with Gasteiger partial charge < -0.3 is 24.0 Å². The van der Waals surface area contributed by atoms with Crippen LogP contribution in [0.25, 0.3) is 0 Å². The molecule has 38 heavy (non-hydrogen) atoms. The molecule has 0 unspecified atom stereocenters. The number of carbonyl (C=O) groups excluding carboxylic acids is 4.